The second kappa shape index (κ2) is 5.46. The van der Waals surface area contributed by atoms with Gasteiger partial charge in [-0.25, -0.2) is 0 Å². The van der Waals surface area contributed by atoms with Gasteiger partial charge in [0, 0.05) is 0 Å². The van der Waals surface area contributed by atoms with Crippen LogP contribution in [0, 0.1) is 0 Å². The SMILES string of the molecule is C=CC(NC)c1ccc(OC(F)F)cc1. The summed E-state index contributed by atoms with van der Waals surface area (Å²) in [5.41, 5.74) is 0.953. The summed E-state index contributed by atoms with van der Waals surface area (Å²) in [7, 11) is 1.80. The van der Waals surface area contributed by atoms with Gasteiger partial charge in [-0.1, -0.05) is 18.2 Å². The molecule has 1 aromatic rings. The van der Waals surface area contributed by atoms with Crippen LogP contribution in [0.5, 0.6) is 5.75 Å². The van der Waals surface area contributed by atoms with Crippen LogP contribution in [-0.4, -0.2) is 13.7 Å². The van der Waals surface area contributed by atoms with Gasteiger partial charge in [-0.3, -0.25) is 0 Å². The summed E-state index contributed by atoms with van der Waals surface area (Å²) in [5, 5.41) is 3.02. The molecular formula is C11H13F2NO. The van der Waals surface area contributed by atoms with E-state index in [1.54, 1.807) is 25.3 Å². The predicted molar refractivity (Wildman–Crippen MR) is 55.1 cm³/mol. The number of halogens is 2. The Morgan fingerprint density at radius 3 is 2.33 bits per heavy atom. The maximum absolute atomic E-state index is 11.9. The summed E-state index contributed by atoms with van der Waals surface area (Å²) >= 11 is 0. The Balaban J connectivity index is 2.75. The van der Waals surface area contributed by atoms with Crippen LogP contribution >= 0.6 is 0 Å². The molecule has 0 fully saturated rings. The predicted octanol–water partition coefficient (Wildman–Crippen LogP) is 2.73. The van der Waals surface area contributed by atoms with E-state index in [-0.39, 0.29) is 11.8 Å². The van der Waals surface area contributed by atoms with Crippen LogP contribution in [0.3, 0.4) is 0 Å². The molecule has 0 bridgehead atoms. The fraction of sp³-hybridized carbons (Fsp3) is 0.273. The molecule has 15 heavy (non-hydrogen) atoms. The van der Waals surface area contributed by atoms with E-state index >= 15 is 0 Å². The van der Waals surface area contributed by atoms with E-state index in [9.17, 15) is 8.78 Å². The van der Waals surface area contributed by atoms with Crippen LogP contribution in [0.4, 0.5) is 8.78 Å². The van der Waals surface area contributed by atoms with E-state index in [2.05, 4.69) is 16.6 Å². The molecule has 0 aromatic heterocycles. The summed E-state index contributed by atoms with van der Waals surface area (Å²) < 4.78 is 28.0. The van der Waals surface area contributed by atoms with E-state index in [1.807, 2.05) is 0 Å². The molecule has 4 heteroatoms. The number of likely N-dealkylation sites (N-methyl/N-ethyl adjacent to an activating group) is 1. The van der Waals surface area contributed by atoms with Gasteiger partial charge >= 0.3 is 6.61 Å². The highest BCUT2D eigenvalue weighted by atomic mass is 19.3. The van der Waals surface area contributed by atoms with E-state index in [0.717, 1.165) is 5.56 Å². The molecule has 0 amide bonds. The maximum Gasteiger partial charge on any atom is 0.387 e. The topological polar surface area (TPSA) is 21.3 Å². The molecule has 0 aliphatic heterocycles. The molecule has 0 saturated heterocycles. The molecule has 1 N–H and O–H groups in total. The average molecular weight is 213 g/mol. The lowest BCUT2D eigenvalue weighted by molar-refractivity contribution is -0.0498. The molecule has 0 aliphatic carbocycles. The zero-order chi connectivity index (χ0) is 11.3. The summed E-state index contributed by atoms with van der Waals surface area (Å²) in [6, 6.07) is 6.48. The Kier molecular flexibility index (Phi) is 4.24. The van der Waals surface area contributed by atoms with E-state index in [4.69, 9.17) is 0 Å². The van der Waals surface area contributed by atoms with E-state index in [1.165, 1.54) is 12.1 Å². The highest BCUT2D eigenvalue weighted by molar-refractivity contribution is 5.30. The Morgan fingerprint density at radius 2 is 1.93 bits per heavy atom. The molecule has 82 valence electrons. The minimum Gasteiger partial charge on any atom is -0.435 e. The highest BCUT2D eigenvalue weighted by Gasteiger charge is 2.06. The Hall–Kier alpha value is -1.42. The number of hydrogen-bond acceptors (Lipinski definition) is 2. The molecule has 0 saturated carbocycles. The minimum atomic E-state index is -2.78. The van der Waals surface area contributed by atoms with Crippen LogP contribution < -0.4 is 10.1 Å². The lowest BCUT2D eigenvalue weighted by Crippen LogP contribution is -2.13. The second-order valence-corrected chi connectivity index (χ2v) is 2.95. The van der Waals surface area contributed by atoms with Gasteiger partial charge in [-0.15, -0.1) is 6.58 Å². The van der Waals surface area contributed by atoms with Gasteiger partial charge in [-0.2, -0.15) is 8.78 Å². The molecule has 0 aliphatic rings. The smallest absolute Gasteiger partial charge is 0.387 e. The van der Waals surface area contributed by atoms with Crippen molar-refractivity contribution in [2.75, 3.05) is 7.05 Å². The third kappa shape index (κ3) is 3.32. The molecule has 1 aromatic carbocycles. The van der Waals surface area contributed by atoms with Crippen molar-refractivity contribution in [3.05, 3.63) is 42.5 Å². The minimum absolute atomic E-state index is 0.0191. The fourth-order valence-corrected chi connectivity index (χ4v) is 1.28. The lowest BCUT2D eigenvalue weighted by Gasteiger charge is -2.12. The van der Waals surface area contributed by atoms with Gasteiger partial charge in [0.2, 0.25) is 0 Å². The van der Waals surface area contributed by atoms with Crippen LogP contribution in [0.15, 0.2) is 36.9 Å². The van der Waals surface area contributed by atoms with Gasteiger partial charge < -0.3 is 10.1 Å². The standard InChI is InChI=1S/C11H13F2NO/c1-3-10(14-2)8-4-6-9(7-5-8)15-11(12)13/h3-7,10-11,14H,1H2,2H3. The third-order valence-corrected chi connectivity index (χ3v) is 2.01. The fourth-order valence-electron chi connectivity index (χ4n) is 1.28. The van der Waals surface area contributed by atoms with Crippen molar-refractivity contribution in [2.24, 2.45) is 0 Å². The zero-order valence-electron chi connectivity index (χ0n) is 8.41. The third-order valence-electron chi connectivity index (χ3n) is 2.01. The molecule has 1 atom stereocenters. The number of ether oxygens (including phenoxy) is 1. The van der Waals surface area contributed by atoms with E-state index < -0.39 is 6.61 Å². The number of hydrogen-bond donors (Lipinski definition) is 1. The highest BCUT2D eigenvalue weighted by Crippen LogP contribution is 2.19. The van der Waals surface area contributed by atoms with E-state index in [0.29, 0.717) is 0 Å². The van der Waals surface area contributed by atoms with Crippen LogP contribution in [0.1, 0.15) is 11.6 Å². The van der Waals surface area contributed by atoms with Crippen molar-refractivity contribution in [3.8, 4) is 5.75 Å². The number of benzene rings is 1. The van der Waals surface area contributed by atoms with Crippen molar-refractivity contribution in [2.45, 2.75) is 12.7 Å². The monoisotopic (exact) mass is 213 g/mol. The lowest BCUT2D eigenvalue weighted by atomic mass is 10.1. The van der Waals surface area contributed by atoms with Crippen LogP contribution in [-0.2, 0) is 0 Å². The molecule has 0 spiro atoms. The first-order valence-electron chi connectivity index (χ1n) is 4.52. The largest absolute Gasteiger partial charge is 0.435 e. The summed E-state index contributed by atoms with van der Waals surface area (Å²) in [5.74, 6) is 0.160. The summed E-state index contributed by atoms with van der Waals surface area (Å²) in [6.45, 7) is 0.883. The van der Waals surface area contributed by atoms with Gasteiger partial charge in [0.25, 0.3) is 0 Å². The van der Waals surface area contributed by atoms with Crippen molar-refractivity contribution >= 4 is 0 Å². The first kappa shape index (κ1) is 11.7. The van der Waals surface area contributed by atoms with Crippen molar-refractivity contribution < 1.29 is 13.5 Å². The van der Waals surface area contributed by atoms with Crippen LogP contribution in [0.25, 0.3) is 0 Å². The molecule has 1 rings (SSSR count). The maximum atomic E-state index is 11.9. The normalized spacial score (nSPS) is 12.5. The van der Waals surface area contributed by atoms with Gasteiger partial charge in [0.1, 0.15) is 5.75 Å². The van der Waals surface area contributed by atoms with Crippen molar-refractivity contribution in [1.29, 1.82) is 0 Å². The average Bonchev–Trinajstić information content (AvgIpc) is 2.21. The summed E-state index contributed by atoms with van der Waals surface area (Å²) in [6.07, 6.45) is 1.74. The van der Waals surface area contributed by atoms with Crippen molar-refractivity contribution in [1.82, 2.24) is 5.32 Å². The van der Waals surface area contributed by atoms with Gasteiger partial charge in [0.05, 0.1) is 6.04 Å². The van der Waals surface area contributed by atoms with Crippen molar-refractivity contribution in [3.63, 3.8) is 0 Å². The molecular weight excluding hydrogens is 200 g/mol. The number of rotatable bonds is 5. The molecule has 0 heterocycles. The molecule has 0 radical (unpaired) electrons. The Bertz CT molecular complexity index is 311. The zero-order valence-corrected chi connectivity index (χ0v) is 8.41. The first-order valence-corrected chi connectivity index (χ1v) is 4.52. The quantitative estimate of drug-likeness (QED) is 0.759. The Morgan fingerprint density at radius 1 is 1.33 bits per heavy atom. The summed E-state index contributed by atoms with van der Waals surface area (Å²) in [4.78, 5) is 0. The molecule has 2 nitrogen and oxygen atoms in total. The number of nitrogens with one attached hydrogen (secondary N) is 1. The Labute approximate surface area is 87.6 Å². The van der Waals surface area contributed by atoms with Gasteiger partial charge in [-0.05, 0) is 24.7 Å². The van der Waals surface area contributed by atoms with Crippen LogP contribution in [0.2, 0.25) is 0 Å². The first-order chi connectivity index (χ1) is 7.17. The second-order valence-electron chi connectivity index (χ2n) is 2.95. The van der Waals surface area contributed by atoms with Gasteiger partial charge in [0.15, 0.2) is 0 Å². The molecule has 1 unspecified atom stereocenters. The number of alkyl halides is 2.